The Bertz CT molecular complexity index is 253. The molecule has 0 unspecified atom stereocenters. The van der Waals surface area contributed by atoms with Crippen molar-refractivity contribution in [3.8, 4) is 0 Å². The van der Waals surface area contributed by atoms with E-state index in [1.54, 1.807) is 0 Å². The van der Waals surface area contributed by atoms with E-state index in [4.69, 9.17) is 9.16 Å². The van der Waals surface area contributed by atoms with E-state index in [-0.39, 0.29) is 0 Å². The molecule has 0 rings (SSSR count). The molecule has 0 saturated carbocycles. The molecule has 0 spiro atoms. The molecule has 0 heterocycles. The van der Waals surface area contributed by atoms with Gasteiger partial charge in [-0.05, 0) is 26.1 Å². The van der Waals surface area contributed by atoms with Crippen LogP contribution in [0.15, 0.2) is 12.2 Å². The first-order valence-electron chi connectivity index (χ1n) is 4.93. The molecule has 0 aromatic rings. The van der Waals surface area contributed by atoms with E-state index in [1.165, 1.54) is 0 Å². The van der Waals surface area contributed by atoms with Gasteiger partial charge >= 0.3 is 11.9 Å². The fraction of sp³-hybridized carbons (Fsp3) is 0.600. The van der Waals surface area contributed by atoms with Crippen LogP contribution in [0.3, 0.4) is 0 Å². The molecule has 86 valence electrons. The van der Waals surface area contributed by atoms with E-state index in [1.807, 2.05) is 26.6 Å². The molecule has 4 nitrogen and oxygen atoms in total. The van der Waals surface area contributed by atoms with Crippen LogP contribution < -0.4 is 0 Å². The van der Waals surface area contributed by atoms with E-state index >= 15 is 0 Å². The summed E-state index contributed by atoms with van der Waals surface area (Å²) in [7, 11) is -1.87. The Labute approximate surface area is 91.4 Å². The molecular formula is C10H18O4Si. The van der Waals surface area contributed by atoms with Gasteiger partial charge in [0.1, 0.15) is 0 Å². The summed E-state index contributed by atoms with van der Waals surface area (Å²) < 4.78 is 9.85. The Kier molecular flexibility index (Phi) is 5.92. The topological polar surface area (TPSA) is 52.6 Å². The summed E-state index contributed by atoms with van der Waals surface area (Å²) in [5.74, 6) is -0.994. The van der Waals surface area contributed by atoms with Gasteiger partial charge in [-0.2, -0.15) is 0 Å². The van der Waals surface area contributed by atoms with Gasteiger partial charge in [0, 0.05) is 12.2 Å². The Hall–Kier alpha value is -1.10. The average molecular weight is 230 g/mol. The first-order valence-corrected chi connectivity index (χ1v) is 8.34. The van der Waals surface area contributed by atoms with E-state index in [9.17, 15) is 9.59 Å². The Morgan fingerprint density at radius 3 is 2.13 bits per heavy atom. The molecule has 0 aromatic carbocycles. The molecule has 0 aromatic heterocycles. The molecule has 0 aliphatic carbocycles. The molecule has 0 bridgehead atoms. The summed E-state index contributed by atoms with van der Waals surface area (Å²) in [6.07, 6.45) is 2.97. The Balaban J connectivity index is 3.95. The van der Waals surface area contributed by atoms with Crippen LogP contribution in [0.25, 0.3) is 0 Å². The maximum Gasteiger partial charge on any atom is 0.331 e. The zero-order valence-electron chi connectivity index (χ0n) is 9.70. The zero-order valence-corrected chi connectivity index (χ0v) is 10.7. The summed E-state index contributed by atoms with van der Waals surface area (Å²) in [5.41, 5.74) is 0. The molecule has 0 fully saturated rings. The van der Waals surface area contributed by atoms with Gasteiger partial charge in [0.05, 0.1) is 6.61 Å². The molecule has 0 aliphatic rings. The van der Waals surface area contributed by atoms with Crippen LogP contribution in [0, 0.1) is 0 Å². The van der Waals surface area contributed by atoms with E-state index in [0.717, 1.165) is 18.6 Å². The number of rotatable bonds is 5. The second-order valence-electron chi connectivity index (χ2n) is 4.03. The van der Waals surface area contributed by atoms with Crippen molar-refractivity contribution < 1.29 is 18.8 Å². The van der Waals surface area contributed by atoms with Gasteiger partial charge in [0.25, 0.3) is 0 Å². The van der Waals surface area contributed by atoms with Crippen LogP contribution in [0.5, 0.6) is 0 Å². The Morgan fingerprint density at radius 1 is 1.13 bits per heavy atom. The summed E-state index contributed by atoms with van der Waals surface area (Å²) in [4.78, 5) is 22.1. The molecule has 0 saturated heterocycles. The van der Waals surface area contributed by atoms with Crippen molar-refractivity contribution in [1.29, 1.82) is 0 Å². The third-order valence-electron chi connectivity index (χ3n) is 1.21. The highest BCUT2D eigenvalue weighted by molar-refractivity contribution is 6.71. The number of carbonyl (C=O) groups excluding carboxylic acids is 2. The summed E-state index contributed by atoms with van der Waals surface area (Å²) in [5, 5.41) is 0. The van der Waals surface area contributed by atoms with Gasteiger partial charge in [-0.15, -0.1) is 0 Å². The lowest BCUT2D eigenvalue weighted by Crippen LogP contribution is -2.28. The van der Waals surface area contributed by atoms with E-state index in [0.29, 0.717) is 6.61 Å². The largest absolute Gasteiger partial charge is 0.517 e. The number of carbonyl (C=O) groups is 2. The fourth-order valence-corrected chi connectivity index (χ4v) is 1.39. The van der Waals surface area contributed by atoms with Gasteiger partial charge in [-0.25, -0.2) is 9.59 Å². The lowest BCUT2D eigenvalue weighted by molar-refractivity contribution is -0.138. The minimum absolute atomic E-state index is 0.367. The molecule has 15 heavy (non-hydrogen) atoms. The normalized spacial score (nSPS) is 11.5. The smallest absolute Gasteiger partial charge is 0.331 e. The number of esters is 1. The SMILES string of the molecule is CCCOC(=O)C=CC(=O)O[Si](C)(C)C. The first-order chi connectivity index (χ1) is 6.85. The lowest BCUT2D eigenvalue weighted by Gasteiger charge is -2.15. The van der Waals surface area contributed by atoms with Gasteiger partial charge in [-0.1, -0.05) is 6.92 Å². The van der Waals surface area contributed by atoms with Crippen molar-refractivity contribution in [3.05, 3.63) is 12.2 Å². The predicted octanol–water partition coefficient (Wildman–Crippen LogP) is 1.87. The Morgan fingerprint density at radius 2 is 1.67 bits per heavy atom. The first kappa shape index (κ1) is 13.9. The molecule has 0 amide bonds. The lowest BCUT2D eigenvalue weighted by atomic mass is 10.5. The van der Waals surface area contributed by atoms with Crippen molar-refractivity contribution in [2.24, 2.45) is 0 Å². The second kappa shape index (κ2) is 6.39. The van der Waals surface area contributed by atoms with Crippen LogP contribution in [0.4, 0.5) is 0 Å². The zero-order chi connectivity index (χ0) is 11.9. The summed E-state index contributed by atoms with van der Waals surface area (Å²) in [6.45, 7) is 7.96. The third-order valence-corrected chi connectivity index (χ3v) is 2.02. The fourth-order valence-electron chi connectivity index (χ4n) is 0.723. The van der Waals surface area contributed by atoms with Crippen LogP contribution in [-0.4, -0.2) is 26.9 Å². The van der Waals surface area contributed by atoms with Gasteiger partial charge in [-0.3, -0.25) is 0 Å². The highest BCUT2D eigenvalue weighted by Gasteiger charge is 2.18. The van der Waals surface area contributed by atoms with Crippen LogP contribution in [-0.2, 0) is 18.8 Å². The number of hydrogen-bond acceptors (Lipinski definition) is 4. The molecule has 0 aliphatic heterocycles. The van der Waals surface area contributed by atoms with Crippen molar-refractivity contribution in [2.45, 2.75) is 33.0 Å². The number of ether oxygens (including phenoxy) is 1. The number of hydrogen-bond donors (Lipinski definition) is 0. The second-order valence-corrected chi connectivity index (χ2v) is 8.46. The molecular weight excluding hydrogens is 212 g/mol. The van der Waals surface area contributed by atoms with Crippen molar-refractivity contribution in [1.82, 2.24) is 0 Å². The minimum atomic E-state index is -1.87. The standard InChI is InChI=1S/C10H18O4Si/c1-5-8-13-9(11)6-7-10(12)14-15(2,3)4/h6-7H,5,8H2,1-4H3. The maximum absolute atomic E-state index is 11.2. The van der Waals surface area contributed by atoms with Crippen molar-refractivity contribution >= 4 is 20.3 Å². The molecule has 0 atom stereocenters. The molecule has 0 N–H and O–H groups in total. The summed E-state index contributed by atoms with van der Waals surface area (Å²) in [6, 6.07) is 0. The predicted molar refractivity (Wildman–Crippen MR) is 59.8 cm³/mol. The van der Waals surface area contributed by atoms with Crippen molar-refractivity contribution in [2.75, 3.05) is 6.61 Å². The van der Waals surface area contributed by atoms with E-state index in [2.05, 4.69) is 0 Å². The highest BCUT2D eigenvalue weighted by atomic mass is 28.4. The van der Waals surface area contributed by atoms with Crippen LogP contribution >= 0.6 is 0 Å². The van der Waals surface area contributed by atoms with Crippen molar-refractivity contribution in [3.63, 3.8) is 0 Å². The highest BCUT2D eigenvalue weighted by Crippen LogP contribution is 2.03. The molecule has 5 heteroatoms. The van der Waals surface area contributed by atoms with Gasteiger partial charge < -0.3 is 9.16 Å². The van der Waals surface area contributed by atoms with E-state index < -0.39 is 20.3 Å². The minimum Gasteiger partial charge on any atom is -0.517 e. The van der Waals surface area contributed by atoms with Gasteiger partial charge in [0.2, 0.25) is 8.32 Å². The average Bonchev–Trinajstić information content (AvgIpc) is 2.08. The quantitative estimate of drug-likeness (QED) is 0.411. The maximum atomic E-state index is 11.2. The van der Waals surface area contributed by atoms with Crippen LogP contribution in [0.1, 0.15) is 13.3 Å². The van der Waals surface area contributed by atoms with Gasteiger partial charge in [0.15, 0.2) is 0 Å². The monoisotopic (exact) mass is 230 g/mol. The van der Waals surface area contributed by atoms with Crippen LogP contribution in [0.2, 0.25) is 19.6 Å². The third kappa shape index (κ3) is 9.21. The summed E-state index contributed by atoms with van der Waals surface area (Å²) >= 11 is 0. The molecule has 0 radical (unpaired) electrons.